The van der Waals surface area contributed by atoms with Crippen molar-refractivity contribution in [2.75, 3.05) is 39.6 Å². The zero-order chi connectivity index (χ0) is 29.1. The molecule has 0 N–H and O–H groups in total. The zero-order valence-corrected chi connectivity index (χ0v) is 26.7. The predicted molar refractivity (Wildman–Crippen MR) is 175 cm³/mol. The third-order valence-corrected chi connectivity index (χ3v) is 7.92. The monoisotopic (exact) mass is 570 g/mol. The number of hydrogen-bond acceptors (Lipinski definition) is 4. The first-order chi connectivity index (χ1) is 20.3. The summed E-state index contributed by atoms with van der Waals surface area (Å²) >= 11 is 0. The van der Waals surface area contributed by atoms with E-state index in [4.69, 9.17) is 18.9 Å². The zero-order valence-electron chi connectivity index (χ0n) is 26.7. The quantitative estimate of drug-likeness (QED) is 0.0912. The van der Waals surface area contributed by atoms with Crippen LogP contribution in [0.25, 0.3) is 10.8 Å². The lowest BCUT2D eigenvalue weighted by molar-refractivity contribution is -0.00489. The highest BCUT2D eigenvalue weighted by Gasteiger charge is 2.13. The summed E-state index contributed by atoms with van der Waals surface area (Å²) in [6.45, 7) is 8.05. The van der Waals surface area contributed by atoms with Gasteiger partial charge in [0, 0.05) is 12.0 Å². The van der Waals surface area contributed by atoms with Gasteiger partial charge in [-0.25, -0.2) is 0 Å². The van der Waals surface area contributed by atoms with E-state index < -0.39 is 0 Å². The van der Waals surface area contributed by atoms with Gasteiger partial charge in [-0.2, -0.15) is 0 Å². The normalized spacial score (nSPS) is 12.2. The Bertz CT molecular complexity index is 833. The molecule has 0 aliphatic rings. The molecule has 4 heteroatoms. The third kappa shape index (κ3) is 18.5. The fraction of sp³-hybridized carbons (Fsp3) is 0.730. The van der Waals surface area contributed by atoms with Crippen molar-refractivity contribution >= 4 is 10.8 Å². The highest BCUT2D eigenvalue weighted by atomic mass is 16.6. The molecule has 0 bridgehead atoms. The summed E-state index contributed by atoms with van der Waals surface area (Å²) in [5.41, 5.74) is 0. The maximum atomic E-state index is 6.53. The Morgan fingerprint density at radius 2 is 1.02 bits per heavy atom. The van der Waals surface area contributed by atoms with Crippen molar-refractivity contribution in [2.45, 2.75) is 136 Å². The molecule has 0 aliphatic heterocycles. The van der Waals surface area contributed by atoms with Gasteiger partial charge in [-0.3, -0.25) is 0 Å². The summed E-state index contributed by atoms with van der Waals surface area (Å²) in [5.74, 6) is 0.955. The topological polar surface area (TPSA) is 36.9 Å². The Morgan fingerprint density at radius 1 is 0.512 bits per heavy atom. The van der Waals surface area contributed by atoms with Crippen LogP contribution in [0.3, 0.4) is 0 Å². The Hall–Kier alpha value is -1.62. The fourth-order valence-electron chi connectivity index (χ4n) is 5.45. The Morgan fingerprint density at radius 3 is 1.63 bits per heavy atom. The molecule has 2 aromatic carbocycles. The first-order valence-corrected chi connectivity index (χ1v) is 17.2. The molecule has 0 heterocycles. The summed E-state index contributed by atoms with van der Waals surface area (Å²) < 4.78 is 23.4. The van der Waals surface area contributed by atoms with Gasteiger partial charge in [-0.15, -0.1) is 0 Å². The molecule has 0 amide bonds. The van der Waals surface area contributed by atoms with E-state index in [1.165, 1.54) is 120 Å². The smallest absolute Gasteiger partial charge is 0.127 e. The number of ether oxygens (including phenoxy) is 4. The Labute approximate surface area is 252 Å². The van der Waals surface area contributed by atoms with Crippen molar-refractivity contribution in [3.05, 3.63) is 42.5 Å². The first kappa shape index (κ1) is 35.6. The van der Waals surface area contributed by atoms with Crippen LogP contribution in [0.4, 0.5) is 0 Å². The minimum Gasteiger partial charge on any atom is -0.487 e. The maximum Gasteiger partial charge on any atom is 0.127 e. The molecule has 0 spiro atoms. The molecular weight excluding hydrogens is 508 g/mol. The lowest BCUT2D eigenvalue weighted by Crippen LogP contribution is -2.24. The van der Waals surface area contributed by atoms with E-state index in [0.717, 1.165) is 18.8 Å². The van der Waals surface area contributed by atoms with E-state index in [9.17, 15) is 0 Å². The standard InChI is InChI=1S/C37H62O4/c1-3-5-6-7-8-9-10-11-12-13-14-15-16-17-18-19-20-26-35(33-40-32-31-39-30-29-38-4-2)41-37-28-23-25-34-24-21-22-27-36(34)37/h21-25,27-28,35H,3-20,26,29-33H2,1-2H3. The summed E-state index contributed by atoms with van der Waals surface area (Å²) in [4.78, 5) is 0. The van der Waals surface area contributed by atoms with Crippen LogP contribution in [0.5, 0.6) is 5.75 Å². The molecule has 2 aromatic rings. The van der Waals surface area contributed by atoms with Gasteiger partial charge < -0.3 is 18.9 Å². The largest absolute Gasteiger partial charge is 0.487 e. The van der Waals surface area contributed by atoms with Gasteiger partial charge >= 0.3 is 0 Å². The van der Waals surface area contributed by atoms with Crippen LogP contribution in [0.15, 0.2) is 42.5 Å². The molecule has 0 aromatic heterocycles. The molecule has 0 radical (unpaired) electrons. The average molecular weight is 571 g/mol. The van der Waals surface area contributed by atoms with Crippen molar-refractivity contribution < 1.29 is 18.9 Å². The number of unbranched alkanes of at least 4 members (excludes halogenated alkanes) is 16. The lowest BCUT2D eigenvalue weighted by Gasteiger charge is -2.20. The molecule has 2 rings (SSSR count). The van der Waals surface area contributed by atoms with Crippen molar-refractivity contribution in [3.8, 4) is 5.75 Å². The van der Waals surface area contributed by atoms with Crippen molar-refractivity contribution in [2.24, 2.45) is 0 Å². The molecule has 0 saturated carbocycles. The minimum atomic E-state index is 0.0561. The number of hydrogen-bond donors (Lipinski definition) is 0. The maximum absolute atomic E-state index is 6.53. The van der Waals surface area contributed by atoms with Crippen LogP contribution in [0.1, 0.15) is 129 Å². The lowest BCUT2D eigenvalue weighted by atomic mass is 10.0. The molecule has 0 aliphatic carbocycles. The summed E-state index contributed by atoms with van der Waals surface area (Å²) in [6.07, 6.45) is 24.8. The van der Waals surface area contributed by atoms with Gasteiger partial charge in [0.2, 0.25) is 0 Å². The molecule has 234 valence electrons. The van der Waals surface area contributed by atoms with Gasteiger partial charge in [-0.05, 0) is 31.2 Å². The number of fused-ring (bicyclic) bond motifs is 1. The van der Waals surface area contributed by atoms with E-state index in [0.29, 0.717) is 33.0 Å². The summed E-state index contributed by atoms with van der Waals surface area (Å²) in [6, 6.07) is 14.8. The van der Waals surface area contributed by atoms with Crippen molar-refractivity contribution in [1.29, 1.82) is 0 Å². The van der Waals surface area contributed by atoms with Gasteiger partial charge in [-0.1, -0.05) is 146 Å². The molecular formula is C37H62O4. The molecule has 1 atom stereocenters. The third-order valence-electron chi connectivity index (χ3n) is 7.92. The van der Waals surface area contributed by atoms with Crippen LogP contribution in [0, 0.1) is 0 Å². The summed E-state index contributed by atoms with van der Waals surface area (Å²) in [5, 5.41) is 2.38. The SMILES string of the molecule is CCCCCCCCCCCCCCCCCCCC(COCCOCCOCC)Oc1cccc2ccccc12. The second-order valence-electron chi connectivity index (χ2n) is 11.5. The van der Waals surface area contributed by atoms with E-state index in [1.54, 1.807) is 0 Å². The van der Waals surface area contributed by atoms with Crippen LogP contribution in [-0.2, 0) is 14.2 Å². The number of rotatable bonds is 29. The highest BCUT2D eigenvalue weighted by Crippen LogP contribution is 2.27. The van der Waals surface area contributed by atoms with Gasteiger partial charge in [0.05, 0.1) is 33.0 Å². The summed E-state index contributed by atoms with van der Waals surface area (Å²) in [7, 11) is 0. The number of benzene rings is 2. The molecule has 1 unspecified atom stereocenters. The van der Waals surface area contributed by atoms with Crippen LogP contribution >= 0.6 is 0 Å². The molecule has 41 heavy (non-hydrogen) atoms. The van der Waals surface area contributed by atoms with E-state index in [2.05, 4.69) is 49.4 Å². The van der Waals surface area contributed by atoms with Crippen molar-refractivity contribution in [3.63, 3.8) is 0 Å². The molecule has 0 saturated heterocycles. The van der Waals surface area contributed by atoms with Gasteiger partial charge in [0.15, 0.2) is 0 Å². The average Bonchev–Trinajstić information content (AvgIpc) is 3.00. The fourth-order valence-corrected chi connectivity index (χ4v) is 5.45. The van der Waals surface area contributed by atoms with E-state index in [1.807, 2.05) is 6.92 Å². The van der Waals surface area contributed by atoms with Gasteiger partial charge in [0.1, 0.15) is 11.9 Å². The predicted octanol–water partition coefficient (Wildman–Crippen LogP) is 10.7. The first-order valence-electron chi connectivity index (χ1n) is 17.2. The molecule has 4 nitrogen and oxygen atoms in total. The highest BCUT2D eigenvalue weighted by molar-refractivity contribution is 5.88. The minimum absolute atomic E-state index is 0.0561. The van der Waals surface area contributed by atoms with Crippen LogP contribution in [-0.4, -0.2) is 45.7 Å². The van der Waals surface area contributed by atoms with Crippen molar-refractivity contribution in [1.82, 2.24) is 0 Å². The van der Waals surface area contributed by atoms with Gasteiger partial charge in [0.25, 0.3) is 0 Å². The van der Waals surface area contributed by atoms with Crippen LogP contribution < -0.4 is 4.74 Å². The van der Waals surface area contributed by atoms with E-state index >= 15 is 0 Å². The second kappa shape index (κ2) is 26.0. The van der Waals surface area contributed by atoms with Crippen LogP contribution in [0.2, 0.25) is 0 Å². The molecule has 0 fully saturated rings. The Balaban J connectivity index is 1.56. The van der Waals surface area contributed by atoms with E-state index in [-0.39, 0.29) is 6.10 Å². The second-order valence-corrected chi connectivity index (χ2v) is 11.5. The Kier molecular flexibility index (Phi) is 22.6.